The lowest BCUT2D eigenvalue weighted by molar-refractivity contribution is -0.114. The van der Waals surface area contributed by atoms with Crippen molar-refractivity contribution in [3.05, 3.63) is 83.9 Å². The number of nitrogens with zero attached hydrogens (tertiary/aromatic N) is 8. The van der Waals surface area contributed by atoms with Crippen molar-refractivity contribution >= 4 is 28.6 Å². The topological polar surface area (TPSA) is 155 Å². The average Bonchev–Trinajstić information content (AvgIpc) is 3.65. The lowest BCUT2D eigenvalue weighted by Gasteiger charge is -2.38. The van der Waals surface area contributed by atoms with Crippen LogP contribution in [0.3, 0.4) is 0 Å². The molecule has 13 nitrogen and oxygen atoms in total. The molecular formula is C29H29N9O4. The number of nitrogens with one attached hydrogen (secondary N) is 1. The van der Waals surface area contributed by atoms with Gasteiger partial charge < -0.3 is 19.7 Å². The summed E-state index contributed by atoms with van der Waals surface area (Å²) in [6.45, 7) is 3.82. The minimum Gasteiger partial charge on any atom is -0.436 e. The molecule has 13 heteroatoms. The van der Waals surface area contributed by atoms with Gasteiger partial charge in [0.05, 0.1) is 19.2 Å². The molecule has 6 rings (SSSR count). The van der Waals surface area contributed by atoms with Crippen molar-refractivity contribution < 1.29 is 19.1 Å². The number of benzene rings is 2. The van der Waals surface area contributed by atoms with Gasteiger partial charge in [-0.2, -0.15) is 4.80 Å². The van der Waals surface area contributed by atoms with Crippen LogP contribution in [0.1, 0.15) is 34.8 Å². The second-order valence-corrected chi connectivity index (χ2v) is 9.92. The van der Waals surface area contributed by atoms with E-state index in [2.05, 4.69) is 35.6 Å². The van der Waals surface area contributed by atoms with E-state index in [9.17, 15) is 14.7 Å². The molecule has 2 aromatic carbocycles. The van der Waals surface area contributed by atoms with Crippen molar-refractivity contribution in [3.8, 4) is 11.5 Å². The number of pyridine rings is 1. The first kappa shape index (κ1) is 27.2. The van der Waals surface area contributed by atoms with Crippen LogP contribution < -0.4 is 5.32 Å². The molecule has 0 spiro atoms. The highest BCUT2D eigenvalue weighted by molar-refractivity contribution is 5.94. The number of aromatic nitrogens is 6. The molecule has 2 amide bonds. The first-order valence-corrected chi connectivity index (χ1v) is 13.6. The van der Waals surface area contributed by atoms with Gasteiger partial charge in [-0.25, -0.2) is 4.98 Å². The van der Waals surface area contributed by atoms with Gasteiger partial charge in [-0.15, -0.1) is 10.2 Å². The van der Waals surface area contributed by atoms with Gasteiger partial charge in [0.2, 0.25) is 11.8 Å². The Kier molecular flexibility index (Phi) is 7.66. The third kappa shape index (κ3) is 5.73. The zero-order chi connectivity index (χ0) is 29.1. The minimum atomic E-state index is -0.234. The van der Waals surface area contributed by atoms with Crippen LogP contribution in [0.4, 0.5) is 5.69 Å². The lowest BCUT2D eigenvalue weighted by Crippen LogP contribution is -2.50. The van der Waals surface area contributed by atoms with E-state index in [4.69, 9.17) is 4.42 Å². The number of hydrogen-bond donors (Lipinski definition) is 2. The predicted octanol–water partition coefficient (Wildman–Crippen LogP) is 2.37. The molecule has 0 saturated carbocycles. The van der Waals surface area contributed by atoms with Crippen LogP contribution in [-0.4, -0.2) is 89.7 Å². The molecule has 5 aromatic rings. The molecule has 1 fully saturated rings. The van der Waals surface area contributed by atoms with E-state index < -0.39 is 0 Å². The minimum absolute atomic E-state index is 0.0756. The molecular weight excluding hydrogens is 538 g/mol. The number of rotatable bonds is 8. The van der Waals surface area contributed by atoms with Gasteiger partial charge >= 0.3 is 0 Å². The number of oxazole rings is 1. The Balaban J connectivity index is 1.17. The van der Waals surface area contributed by atoms with Gasteiger partial charge in [-0.1, -0.05) is 30.3 Å². The van der Waals surface area contributed by atoms with E-state index in [1.807, 2.05) is 30.3 Å². The fraction of sp³-hybridized carbons (Fsp3) is 0.276. The summed E-state index contributed by atoms with van der Waals surface area (Å²) in [6.07, 6.45) is 1.57. The van der Waals surface area contributed by atoms with Crippen molar-refractivity contribution in [2.24, 2.45) is 0 Å². The molecule has 3 aromatic heterocycles. The van der Waals surface area contributed by atoms with Gasteiger partial charge in [0.1, 0.15) is 11.2 Å². The fourth-order valence-electron chi connectivity index (χ4n) is 5.07. The van der Waals surface area contributed by atoms with Crippen LogP contribution in [0.2, 0.25) is 0 Å². The third-order valence-electron chi connectivity index (χ3n) is 7.03. The molecule has 1 saturated heterocycles. The largest absolute Gasteiger partial charge is 0.436 e. The number of fused-ring (bicyclic) bond motifs is 1. The third-order valence-corrected chi connectivity index (χ3v) is 7.03. The van der Waals surface area contributed by atoms with Gasteiger partial charge in [0.25, 0.3) is 5.91 Å². The number of aliphatic hydroxyl groups excluding tert-OH is 1. The molecule has 2 N–H and O–H groups in total. The van der Waals surface area contributed by atoms with E-state index >= 15 is 0 Å². The van der Waals surface area contributed by atoms with Gasteiger partial charge in [0, 0.05) is 50.6 Å². The standard InChI is InChI=1S/C29H29N9O4/c1-19(40)31-22-7-8-25-23(18-22)32-28(42-25)21-9-10-30-24(17-21)29(41)37-13-11-36(12-14-37)26(20-5-3-2-4-6-20)27-33-35-38(34-27)15-16-39/h2-10,17-18,26,39H,11-16H2,1H3,(H,31,40)/t26-/m0/s1. The maximum absolute atomic E-state index is 13.5. The molecule has 4 heterocycles. The Labute approximate surface area is 240 Å². The van der Waals surface area contributed by atoms with Crippen molar-refractivity contribution in [2.75, 3.05) is 38.1 Å². The molecule has 1 aliphatic rings. The SMILES string of the molecule is CC(=O)Nc1ccc2oc(-c3ccnc(C(=O)N4CCN([C@@H](c5ccccc5)c5nnn(CCO)n5)CC4)c3)nc2c1. The molecule has 42 heavy (non-hydrogen) atoms. The zero-order valence-corrected chi connectivity index (χ0v) is 22.9. The Morgan fingerprint density at radius 1 is 1.05 bits per heavy atom. The van der Waals surface area contributed by atoms with Gasteiger partial charge in [-0.05, 0) is 41.1 Å². The van der Waals surface area contributed by atoms with E-state index in [1.165, 1.54) is 11.7 Å². The summed E-state index contributed by atoms with van der Waals surface area (Å²) >= 11 is 0. The number of carbonyl (C=O) groups excluding carboxylic acids is 2. The summed E-state index contributed by atoms with van der Waals surface area (Å²) in [5.41, 5.74) is 3.74. The smallest absolute Gasteiger partial charge is 0.272 e. The summed E-state index contributed by atoms with van der Waals surface area (Å²) in [7, 11) is 0. The fourth-order valence-corrected chi connectivity index (χ4v) is 5.07. The first-order chi connectivity index (χ1) is 20.5. The number of aliphatic hydroxyl groups is 1. The number of anilines is 1. The second kappa shape index (κ2) is 11.8. The first-order valence-electron chi connectivity index (χ1n) is 13.6. The highest BCUT2D eigenvalue weighted by atomic mass is 16.3. The van der Waals surface area contributed by atoms with E-state index in [-0.39, 0.29) is 31.0 Å². The van der Waals surface area contributed by atoms with Crippen LogP contribution in [-0.2, 0) is 11.3 Å². The normalized spacial score (nSPS) is 14.7. The maximum atomic E-state index is 13.5. The summed E-state index contributed by atoms with van der Waals surface area (Å²) in [6, 6.07) is 18.4. The highest BCUT2D eigenvalue weighted by Crippen LogP contribution is 2.29. The molecule has 0 unspecified atom stereocenters. The van der Waals surface area contributed by atoms with Crippen molar-refractivity contribution in [1.82, 2.24) is 40.0 Å². The van der Waals surface area contributed by atoms with Crippen molar-refractivity contribution in [3.63, 3.8) is 0 Å². The predicted molar refractivity (Wildman–Crippen MR) is 152 cm³/mol. The molecule has 0 radical (unpaired) electrons. The number of hydrogen-bond acceptors (Lipinski definition) is 10. The number of carbonyl (C=O) groups is 2. The summed E-state index contributed by atoms with van der Waals surface area (Å²) in [5.74, 6) is 0.558. The van der Waals surface area contributed by atoms with E-state index in [1.54, 1.807) is 41.4 Å². The molecule has 1 aliphatic heterocycles. The summed E-state index contributed by atoms with van der Waals surface area (Å²) < 4.78 is 5.92. The molecule has 214 valence electrons. The molecule has 0 bridgehead atoms. The van der Waals surface area contributed by atoms with Crippen LogP contribution in [0.25, 0.3) is 22.6 Å². The van der Waals surface area contributed by atoms with Crippen LogP contribution in [0, 0.1) is 0 Å². The van der Waals surface area contributed by atoms with Crippen molar-refractivity contribution in [2.45, 2.75) is 19.5 Å². The summed E-state index contributed by atoms with van der Waals surface area (Å²) in [5, 5.41) is 24.8. The Hall–Kier alpha value is -5.01. The van der Waals surface area contributed by atoms with Crippen LogP contribution in [0.5, 0.6) is 0 Å². The summed E-state index contributed by atoms with van der Waals surface area (Å²) in [4.78, 5) is 39.2. The molecule has 0 aliphatic carbocycles. The quantitative estimate of drug-likeness (QED) is 0.285. The Morgan fingerprint density at radius 2 is 1.86 bits per heavy atom. The van der Waals surface area contributed by atoms with E-state index in [0.717, 1.165) is 5.56 Å². The number of tetrazole rings is 1. The lowest BCUT2D eigenvalue weighted by atomic mass is 10.0. The van der Waals surface area contributed by atoms with Gasteiger partial charge in [0.15, 0.2) is 11.4 Å². The van der Waals surface area contributed by atoms with Gasteiger partial charge in [-0.3, -0.25) is 19.5 Å². The van der Waals surface area contributed by atoms with Crippen LogP contribution >= 0.6 is 0 Å². The average molecular weight is 568 g/mol. The maximum Gasteiger partial charge on any atom is 0.272 e. The monoisotopic (exact) mass is 567 g/mol. The van der Waals surface area contributed by atoms with Crippen LogP contribution in [0.15, 0.2) is 71.3 Å². The van der Waals surface area contributed by atoms with E-state index in [0.29, 0.717) is 65.9 Å². The highest BCUT2D eigenvalue weighted by Gasteiger charge is 2.31. The Morgan fingerprint density at radius 3 is 2.62 bits per heavy atom. The molecule has 1 atom stereocenters. The zero-order valence-electron chi connectivity index (χ0n) is 22.9. The Bertz CT molecular complexity index is 1710. The van der Waals surface area contributed by atoms with Crippen molar-refractivity contribution in [1.29, 1.82) is 0 Å². The second-order valence-electron chi connectivity index (χ2n) is 9.92. The number of amides is 2. The number of piperazine rings is 1.